The van der Waals surface area contributed by atoms with Crippen LogP contribution in [0.2, 0.25) is 0 Å². The zero-order valence-corrected chi connectivity index (χ0v) is 9.33. The molecule has 0 aromatic rings. The topological polar surface area (TPSA) is 0 Å². The Hall–Kier alpha value is -0.520. The van der Waals surface area contributed by atoms with Crippen molar-refractivity contribution in [3.8, 4) is 0 Å². The third kappa shape index (κ3) is 1.27. The van der Waals surface area contributed by atoms with E-state index >= 15 is 0 Å². The van der Waals surface area contributed by atoms with Crippen molar-refractivity contribution in [2.45, 2.75) is 53.4 Å². The first kappa shape index (κ1) is 9.05. The van der Waals surface area contributed by atoms with Crippen LogP contribution in [0.15, 0.2) is 22.3 Å². The predicted molar refractivity (Wildman–Crippen MR) is 57.6 cm³/mol. The fraction of sp³-hybridized carbons (Fsp3) is 0.692. The van der Waals surface area contributed by atoms with Gasteiger partial charge in [0.15, 0.2) is 0 Å². The summed E-state index contributed by atoms with van der Waals surface area (Å²) in [5, 5.41) is 0. The van der Waals surface area contributed by atoms with E-state index in [1.807, 2.05) is 0 Å². The van der Waals surface area contributed by atoms with Crippen molar-refractivity contribution in [1.82, 2.24) is 0 Å². The van der Waals surface area contributed by atoms with Gasteiger partial charge in [-0.05, 0) is 56.1 Å². The number of rotatable bonds is 0. The molecular formula is C13H20. The molecule has 0 aliphatic heterocycles. The van der Waals surface area contributed by atoms with Crippen molar-refractivity contribution in [3.63, 3.8) is 0 Å². The number of fused-ring (bicyclic) bond motifs is 1. The number of hydrogen-bond donors (Lipinski definition) is 0. The van der Waals surface area contributed by atoms with Crippen LogP contribution < -0.4 is 0 Å². The van der Waals surface area contributed by atoms with Crippen LogP contribution >= 0.6 is 0 Å². The number of hydrogen-bond acceptors (Lipinski definition) is 0. The van der Waals surface area contributed by atoms with Crippen molar-refractivity contribution in [1.29, 1.82) is 0 Å². The Morgan fingerprint density at radius 3 is 2.31 bits per heavy atom. The van der Waals surface area contributed by atoms with Crippen molar-refractivity contribution < 1.29 is 0 Å². The summed E-state index contributed by atoms with van der Waals surface area (Å²) in [4.78, 5) is 0. The van der Waals surface area contributed by atoms with Gasteiger partial charge in [-0.15, -0.1) is 0 Å². The van der Waals surface area contributed by atoms with Gasteiger partial charge in [0.2, 0.25) is 0 Å². The molecule has 0 heteroatoms. The summed E-state index contributed by atoms with van der Waals surface area (Å²) in [5.41, 5.74) is 7.15. The molecule has 2 aliphatic carbocycles. The monoisotopic (exact) mass is 176 g/mol. The summed E-state index contributed by atoms with van der Waals surface area (Å²) in [6.45, 7) is 9.43. The van der Waals surface area contributed by atoms with Crippen molar-refractivity contribution in [2.75, 3.05) is 0 Å². The first-order valence-electron chi connectivity index (χ1n) is 5.41. The fourth-order valence-electron chi connectivity index (χ4n) is 2.94. The first-order chi connectivity index (χ1) is 6.02. The molecule has 0 spiro atoms. The van der Waals surface area contributed by atoms with E-state index in [4.69, 9.17) is 0 Å². The normalized spacial score (nSPS) is 26.8. The second-order valence-electron chi connectivity index (χ2n) is 5.28. The molecule has 2 aliphatic rings. The molecule has 72 valence electrons. The minimum Gasteiger partial charge on any atom is -0.0690 e. The smallest absolute Gasteiger partial charge is 0.0104 e. The highest BCUT2D eigenvalue weighted by atomic mass is 14.4. The van der Waals surface area contributed by atoms with Crippen LogP contribution in [0, 0.1) is 5.41 Å². The lowest BCUT2D eigenvalue weighted by atomic mass is 9.71. The summed E-state index contributed by atoms with van der Waals surface area (Å²) in [6.07, 6.45) is 5.34. The van der Waals surface area contributed by atoms with E-state index < -0.39 is 0 Å². The molecule has 1 saturated carbocycles. The molecule has 0 bridgehead atoms. The van der Waals surface area contributed by atoms with E-state index in [0.717, 1.165) is 0 Å². The highest BCUT2D eigenvalue weighted by Crippen LogP contribution is 2.48. The Bertz CT molecular complexity index is 300. The Labute approximate surface area is 81.7 Å². The largest absolute Gasteiger partial charge is 0.0690 e. The van der Waals surface area contributed by atoms with Crippen molar-refractivity contribution in [2.24, 2.45) is 5.41 Å². The van der Waals surface area contributed by atoms with Crippen LogP contribution in [0.4, 0.5) is 0 Å². The second kappa shape index (κ2) is 2.73. The lowest BCUT2D eigenvalue weighted by Crippen LogP contribution is -2.19. The van der Waals surface area contributed by atoms with Crippen molar-refractivity contribution >= 4 is 0 Å². The molecular weight excluding hydrogens is 156 g/mol. The summed E-state index contributed by atoms with van der Waals surface area (Å²) < 4.78 is 0. The maximum Gasteiger partial charge on any atom is -0.0104 e. The minimum absolute atomic E-state index is 0.424. The van der Waals surface area contributed by atoms with Gasteiger partial charge in [0.05, 0.1) is 0 Å². The molecule has 13 heavy (non-hydrogen) atoms. The van der Waals surface area contributed by atoms with Crippen LogP contribution in [-0.4, -0.2) is 0 Å². The molecule has 0 saturated heterocycles. The van der Waals surface area contributed by atoms with Gasteiger partial charge < -0.3 is 0 Å². The van der Waals surface area contributed by atoms with E-state index in [2.05, 4.69) is 27.7 Å². The summed E-state index contributed by atoms with van der Waals surface area (Å²) >= 11 is 0. The molecule has 0 atom stereocenters. The highest BCUT2D eigenvalue weighted by Gasteiger charge is 2.32. The Kier molecular flexibility index (Phi) is 1.90. The maximum atomic E-state index is 2.38. The van der Waals surface area contributed by atoms with E-state index in [-0.39, 0.29) is 0 Å². The van der Waals surface area contributed by atoms with Gasteiger partial charge in [0.25, 0.3) is 0 Å². The molecule has 0 amide bonds. The predicted octanol–water partition coefficient (Wildman–Crippen LogP) is 4.23. The average molecular weight is 176 g/mol. The molecule has 0 nitrogen and oxygen atoms in total. The molecule has 0 aromatic heterocycles. The van der Waals surface area contributed by atoms with Crippen LogP contribution in [0.5, 0.6) is 0 Å². The lowest BCUT2D eigenvalue weighted by Gasteiger charge is -2.33. The molecule has 0 unspecified atom stereocenters. The summed E-state index contributed by atoms with van der Waals surface area (Å²) in [5.74, 6) is 0. The van der Waals surface area contributed by atoms with Crippen LogP contribution in [0.1, 0.15) is 53.4 Å². The highest BCUT2D eigenvalue weighted by molar-refractivity contribution is 5.46. The average Bonchev–Trinajstić information content (AvgIpc) is 2.47. The molecule has 0 N–H and O–H groups in total. The van der Waals surface area contributed by atoms with E-state index in [0.29, 0.717) is 5.41 Å². The molecule has 0 heterocycles. The van der Waals surface area contributed by atoms with Crippen molar-refractivity contribution in [3.05, 3.63) is 22.3 Å². The minimum atomic E-state index is 0.424. The first-order valence-corrected chi connectivity index (χ1v) is 5.41. The third-order valence-electron chi connectivity index (χ3n) is 3.91. The van der Waals surface area contributed by atoms with Gasteiger partial charge in [-0.1, -0.05) is 25.0 Å². The number of allylic oxidation sites excluding steroid dienone is 4. The van der Waals surface area contributed by atoms with Gasteiger partial charge in [0, 0.05) is 0 Å². The van der Waals surface area contributed by atoms with E-state index in [9.17, 15) is 0 Å². The van der Waals surface area contributed by atoms with Gasteiger partial charge in [-0.2, -0.15) is 0 Å². The van der Waals surface area contributed by atoms with Crippen LogP contribution in [0.3, 0.4) is 0 Å². The fourth-order valence-corrected chi connectivity index (χ4v) is 2.94. The van der Waals surface area contributed by atoms with E-state index in [1.165, 1.54) is 25.7 Å². The van der Waals surface area contributed by atoms with Crippen LogP contribution in [-0.2, 0) is 0 Å². The zero-order valence-electron chi connectivity index (χ0n) is 9.33. The van der Waals surface area contributed by atoms with Gasteiger partial charge >= 0.3 is 0 Å². The third-order valence-corrected chi connectivity index (χ3v) is 3.91. The van der Waals surface area contributed by atoms with Gasteiger partial charge in [-0.25, -0.2) is 0 Å². The lowest BCUT2D eigenvalue weighted by molar-refractivity contribution is 0.428. The van der Waals surface area contributed by atoms with Crippen LogP contribution in [0.25, 0.3) is 0 Å². The molecule has 1 fully saturated rings. The second-order valence-corrected chi connectivity index (χ2v) is 5.28. The standard InChI is InChI=1S/C13H20/c1-9-8-13(3,4)10(2)12-7-5-6-11(9)12/h5-8H2,1-4H3. The Balaban J connectivity index is 2.52. The molecule has 2 rings (SSSR count). The summed E-state index contributed by atoms with van der Waals surface area (Å²) in [7, 11) is 0. The Morgan fingerprint density at radius 1 is 1.00 bits per heavy atom. The zero-order chi connectivity index (χ0) is 9.64. The Morgan fingerprint density at radius 2 is 1.62 bits per heavy atom. The quantitative estimate of drug-likeness (QED) is 0.518. The summed E-state index contributed by atoms with van der Waals surface area (Å²) in [6, 6.07) is 0. The van der Waals surface area contributed by atoms with E-state index in [1.54, 1.807) is 22.3 Å². The van der Waals surface area contributed by atoms with Gasteiger partial charge in [-0.3, -0.25) is 0 Å². The maximum absolute atomic E-state index is 2.38. The SMILES string of the molecule is CC1=C2CCCC2=C(C)C(C)(C)C1. The van der Waals surface area contributed by atoms with Gasteiger partial charge in [0.1, 0.15) is 0 Å². The molecule has 0 aromatic carbocycles. The molecule has 0 radical (unpaired) electrons.